The van der Waals surface area contributed by atoms with Gasteiger partial charge in [-0.15, -0.1) is 0 Å². The lowest BCUT2D eigenvalue weighted by Crippen LogP contribution is -2.44. The molecule has 0 aliphatic rings. The maximum absolute atomic E-state index is 12.6. The van der Waals surface area contributed by atoms with Crippen LogP contribution in [0.15, 0.2) is 24.3 Å². The number of hydrogen-bond acceptors (Lipinski definition) is 1. The van der Waals surface area contributed by atoms with Crippen LogP contribution in [-0.4, -0.2) is 22.9 Å². The Hall–Kier alpha value is -1.02. The number of carbonyl (C=O) groups excluding carboxylic acids is 1. The van der Waals surface area contributed by atoms with Gasteiger partial charge in [-0.05, 0) is 38.8 Å². The zero-order valence-corrected chi connectivity index (χ0v) is 12.4. The maximum Gasteiger partial charge on any atom is 0.255 e. The predicted octanol–water partition coefficient (Wildman–Crippen LogP) is 4.38. The Labute approximate surface area is 115 Å². The molecule has 0 bridgehead atoms. The van der Waals surface area contributed by atoms with Crippen LogP contribution in [0.5, 0.6) is 0 Å². The van der Waals surface area contributed by atoms with Crippen molar-refractivity contribution in [2.45, 2.75) is 52.6 Å². The van der Waals surface area contributed by atoms with Crippen molar-refractivity contribution in [3.8, 4) is 0 Å². The third kappa shape index (κ3) is 3.26. The van der Waals surface area contributed by atoms with Gasteiger partial charge < -0.3 is 4.90 Å². The van der Waals surface area contributed by atoms with E-state index in [-0.39, 0.29) is 18.0 Å². The summed E-state index contributed by atoms with van der Waals surface area (Å²) >= 11 is 6.11. The Bertz CT molecular complexity index is 395. The lowest BCUT2D eigenvalue weighted by molar-refractivity contribution is 0.0598. The topological polar surface area (TPSA) is 20.3 Å². The van der Waals surface area contributed by atoms with Crippen molar-refractivity contribution in [3.05, 3.63) is 34.9 Å². The fourth-order valence-corrected chi connectivity index (χ4v) is 2.22. The van der Waals surface area contributed by atoms with Gasteiger partial charge in [0.2, 0.25) is 0 Å². The molecule has 1 rings (SSSR count). The van der Waals surface area contributed by atoms with E-state index in [1.54, 1.807) is 12.1 Å². The highest BCUT2D eigenvalue weighted by Gasteiger charge is 2.25. The zero-order chi connectivity index (χ0) is 13.7. The molecule has 0 aliphatic carbocycles. The quantitative estimate of drug-likeness (QED) is 0.775. The van der Waals surface area contributed by atoms with Crippen LogP contribution in [0.1, 0.15) is 50.9 Å². The van der Waals surface area contributed by atoms with Crippen LogP contribution in [0.4, 0.5) is 0 Å². The van der Waals surface area contributed by atoms with E-state index >= 15 is 0 Å². The van der Waals surface area contributed by atoms with Gasteiger partial charge in [0.25, 0.3) is 5.91 Å². The molecule has 0 radical (unpaired) electrons. The molecule has 0 saturated heterocycles. The van der Waals surface area contributed by atoms with E-state index in [1.165, 1.54) is 0 Å². The van der Waals surface area contributed by atoms with Gasteiger partial charge in [0.05, 0.1) is 10.6 Å². The van der Waals surface area contributed by atoms with Crippen molar-refractivity contribution in [2.24, 2.45) is 0 Å². The van der Waals surface area contributed by atoms with Gasteiger partial charge in [-0.1, -0.05) is 37.6 Å². The molecule has 1 amide bonds. The summed E-state index contributed by atoms with van der Waals surface area (Å²) in [6, 6.07) is 7.70. The molecule has 0 aliphatic heterocycles. The lowest BCUT2D eigenvalue weighted by Gasteiger charge is -2.34. The average molecular weight is 268 g/mol. The summed E-state index contributed by atoms with van der Waals surface area (Å²) < 4.78 is 0. The van der Waals surface area contributed by atoms with Gasteiger partial charge in [-0.3, -0.25) is 4.79 Å². The first-order valence-corrected chi connectivity index (χ1v) is 6.97. The number of halogens is 1. The van der Waals surface area contributed by atoms with Crippen LogP contribution < -0.4 is 0 Å². The molecule has 3 heteroatoms. The van der Waals surface area contributed by atoms with Crippen LogP contribution in [-0.2, 0) is 0 Å². The fraction of sp³-hybridized carbons (Fsp3) is 0.533. The summed E-state index contributed by atoms with van der Waals surface area (Å²) in [6.07, 6.45) is 1.89. The Balaban J connectivity index is 3.07. The smallest absolute Gasteiger partial charge is 0.255 e. The van der Waals surface area contributed by atoms with Gasteiger partial charge >= 0.3 is 0 Å². The molecule has 0 aromatic heterocycles. The third-order valence-electron chi connectivity index (χ3n) is 3.47. The standard InChI is InChI=1S/C15H22ClNO/c1-5-11(3)17(12(4)6-2)15(18)13-9-7-8-10-14(13)16/h7-12H,5-6H2,1-4H3/t11-,12-/m1/s1. The third-order valence-corrected chi connectivity index (χ3v) is 3.80. The van der Waals surface area contributed by atoms with Crippen LogP contribution in [0.2, 0.25) is 5.02 Å². The molecule has 2 nitrogen and oxygen atoms in total. The molecule has 18 heavy (non-hydrogen) atoms. The van der Waals surface area contributed by atoms with Crippen molar-refractivity contribution in [1.82, 2.24) is 4.90 Å². The van der Waals surface area contributed by atoms with Crippen molar-refractivity contribution >= 4 is 17.5 Å². The molecule has 2 atom stereocenters. The Kier molecular flexibility index (Phi) is 5.67. The van der Waals surface area contributed by atoms with Crippen LogP contribution in [0.3, 0.4) is 0 Å². The summed E-state index contributed by atoms with van der Waals surface area (Å²) in [5.41, 5.74) is 0.597. The maximum atomic E-state index is 12.6. The number of rotatable bonds is 5. The molecule has 100 valence electrons. The SMILES string of the molecule is CC[C@@H](C)N(C(=O)c1ccccc1Cl)[C@H](C)CC. The molecular weight excluding hydrogens is 246 g/mol. The lowest BCUT2D eigenvalue weighted by atomic mass is 10.1. The average Bonchev–Trinajstić information content (AvgIpc) is 2.38. The summed E-state index contributed by atoms with van der Waals surface area (Å²) in [6.45, 7) is 8.36. The van der Waals surface area contributed by atoms with Gasteiger partial charge in [-0.2, -0.15) is 0 Å². The molecule has 0 saturated carbocycles. The first-order chi connectivity index (χ1) is 8.52. The summed E-state index contributed by atoms with van der Waals surface area (Å²) in [7, 11) is 0. The first kappa shape index (κ1) is 15.0. The van der Waals surface area contributed by atoms with E-state index in [4.69, 9.17) is 11.6 Å². The van der Waals surface area contributed by atoms with Gasteiger partial charge in [0, 0.05) is 12.1 Å². The minimum atomic E-state index is 0.0318. The van der Waals surface area contributed by atoms with E-state index < -0.39 is 0 Å². The molecule has 0 spiro atoms. The van der Waals surface area contributed by atoms with Crippen LogP contribution >= 0.6 is 11.6 Å². The normalized spacial score (nSPS) is 14.1. The Morgan fingerprint density at radius 1 is 1.17 bits per heavy atom. The molecular formula is C15H22ClNO. The van der Waals surface area contributed by atoms with Crippen molar-refractivity contribution in [2.75, 3.05) is 0 Å². The summed E-state index contributed by atoms with van der Waals surface area (Å²) in [5, 5.41) is 0.527. The summed E-state index contributed by atoms with van der Waals surface area (Å²) in [4.78, 5) is 14.6. The van der Waals surface area contributed by atoms with Gasteiger partial charge in [0.1, 0.15) is 0 Å². The minimum Gasteiger partial charge on any atom is -0.333 e. The highest BCUT2D eigenvalue weighted by molar-refractivity contribution is 6.33. The van der Waals surface area contributed by atoms with Crippen molar-refractivity contribution in [3.63, 3.8) is 0 Å². The highest BCUT2D eigenvalue weighted by Crippen LogP contribution is 2.21. The van der Waals surface area contributed by atoms with E-state index in [0.717, 1.165) is 12.8 Å². The minimum absolute atomic E-state index is 0.0318. The molecule has 0 unspecified atom stereocenters. The van der Waals surface area contributed by atoms with Gasteiger partial charge in [0.15, 0.2) is 0 Å². The number of amides is 1. The fourth-order valence-electron chi connectivity index (χ4n) is 2.00. The number of benzene rings is 1. The molecule has 0 heterocycles. The second kappa shape index (κ2) is 6.79. The second-order valence-corrected chi connectivity index (χ2v) is 5.11. The number of hydrogen-bond donors (Lipinski definition) is 0. The first-order valence-electron chi connectivity index (χ1n) is 6.60. The number of carbonyl (C=O) groups is 1. The van der Waals surface area contributed by atoms with Crippen LogP contribution in [0.25, 0.3) is 0 Å². The van der Waals surface area contributed by atoms with Crippen LogP contribution in [0, 0.1) is 0 Å². The van der Waals surface area contributed by atoms with E-state index in [2.05, 4.69) is 27.7 Å². The summed E-state index contributed by atoms with van der Waals surface area (Å²) in [5.74, 6) is 0.0318. The Morgan fingerprint density at radius 2 is 1.67 bits per heavy atom. The van der Waals surface area contributed by atoms with Gasteiger partial charge in [-0.25, -0.2) is 0 Å². The zero-order valence-electron chi connectivity index (χ0n) is 11.6. The molecule has 1 aromatic carbocycles. The molecule has 0 N–H and O–H groups in total. The highest BCUT2D eigenvalue weighted by atomic mass is 35.5. The van der Waals surface area contributed by atoms with E-state index in [9.17, 15) is 4.79 Å². The Morgan fingerprint density at radius 3 is 2.11 bits per heavy atom. The van der Waals surface area contributed by atoms with Crippen molar-refractivity contribution in [1.29, 1.82) is 0 Å². The monoisotopic (exact) mass is 267 g/mol. The second-order valence-electron chi connectivity index (χ2n) is 4.71. The molecule has 1 aromatic rings. The van der Waals surface area contributed by atoms with E-state index in [1.807, 2.05) is 17.0 Å². The predicted molar refractivity (Wildman–Crippen MR) is 77.1 cm³/mol. The largest absolute Gasteiger partial charge is 0.333 e. The number of nitrogens with zero attached hydrogens (tertiary/aromatic N) is 1. The van der Waals surface area contributed by atoms with Crippen molar-refractivity contribution < 1.29 is 4.79 Å². The van der Waals surface area contributed by atoms with E-state index in [0.29, 0.717) is 10.6 Å². The molecule has 0 fully saturated rings.